The summed E-state index contributed by atoms with van der Waals surface area (Å²) >= 11 is 0. The number of nitriles is 1. The highest BCUT2D eigenvalue weighted by molar-refractivity contribution is 5.81. The molecule has 2 unspecified atom stereocenters. The molecule has 2 atom stereocenters. The molecule has 4 aromatic rings. The van der Waals surface area contributed by atoms with Gasteiger partial charge in [0, 0.05) is 25.6 Å². The molecule has 0 aliphatic carbocycles. The number of aromatic amines is 1. The van der Waals surface area contributed by atoms with Gasteiger partial charge in [-0.05, 0) is 31.5 Å². The molecule has 0 bridgehead atoms. The van der Waals surface area contributed by atoms with Crippen LogP contribution in [0.1, 0.15) is 48.7 Å². The fourth-order valence-corrected chi connectivity index (χ4v) is 3.39. The number of hydrogen-bond donors (Lipinski definition) is 1. The van der Waals surface area contributed by atoms with E-state index in [2.05, 4.69) is 30.0 Å². The van der Waals surface area contributed by atoms with Crippen LogP contribution in [0.3, 0.4) is 0 Å². The van der Waals surface area contributed by atoms with E-state index in [0.717, 1.165) is 12.3 Å². The summed E-state index contributed by atoms with van der Waals surface area (Å²) in [6, 6.07) is 4.67. The SMILES string of the molecule is CC(c1ncccn1)N(C)c1nc2c(c(C#N)nn2C(C)c2ccc(C(F)(F)F)nc2)c(=O)[nH]1. The van der Waals surface area contributed by atoms with Crippen molar-refractivity contribution in [1.82, 2.24) is 34.7 Å². The van der Waals surface area contributed by atoms with Crippen molar-refractivity contribution in [3.05, 3.63) is 69.9 Å². The van der Waals surface area contributed by atoms with Crippen molar-refractivity contribution in [2.75, 3.05) is 11.9 Å². The van der Waals surface area contributed by atoms with E-state index in [9.17, 15) is 23.2 Å². The summed E-state index contributed by atoms with van der Waals surface area (Å²) in [4.78, 5) is 33.6. The van der Waals surface area contributed by atoms with Crippen LogP contribution in [0.25, 0.3) is 11.0 Å². The monoisotopic (exact) mass is 469 g/mol. The molecule has 0 aromatic carbocycles. The predicted octanol–water partition coefficient (Wildman–Crippen LogP) is 3.00. The molecular formula is C21H18F3N9O. The average molecular weight is 469 g/mol. The molecule has 34 heavy (non-hydrogen) atoms. The van der Waals surface area contributed by atoms with Crippen molar-refractivity contribution in [2.45, 2.75) is 32.1 Å². The van der Waals surface area contributed by atoms with Crippen molar-refractivity contribution in [3.8, 4) is 6.07 Å². The minimum absolute atomic E-state index is 0.0185. The smallest absolute Gasteiger partial charge is 0.335 e. The molecule has 0 fully saturated rings. The molecule has 0 amide bonds. The lowest BCUT2D eigenvalue weighted by molar-refractivity contribution is -0.141. The maximum Gasteiger partial charge on any atom is 0.433 e. The van der Waals surface area contributed by atoms with Crippen LogP contribution in [0.15, 0.2) is 41.6 Å². The molecule has 4 heterocycles. The zero-order valence-corrected chi connectivity index (χ0v) is 18.2. The number of rotatable bonds is 5. The highest BCUT2D eigenvalue weighted by Gasteiger charge is 2.32. The van der Waals surface area contributed by atoms with Gasteiger partial charge in [0.25, 0.3) is 5.56 Å². The van der Waals surface area contributed by atoms with Crippen LogP contribution < -0.4 is 10.5 Å². The Bertz CT molecular complexity index is 1420. The number of alkyl halides is 3. The first kappa shape index (κ1) is 22.8. The molecule has 1 N–H and O–H groups in total. The first-order chi connectivity index (χ1) is 16.1. The van der Waals surface area contributed by atoms with E-state index in [1.165, 1.54) is 10.7 Å². The third kappa shape index (κ3) is 4.05. The van der Waals surface area contributed by atoms with Gasteiger partial charge in [-0.15, -0.1) is 0 Å². The largest absolute Gasteiger partial charge is 0.433 e. The number of nitrogens with zero attached hydrogens (tertiary/aromatic N) is 8. The van der Waals surface area contributed by atoms with E-state index >= 15 is 0 Å². The van der Waals surface area contributed by atoms with Gasteiger partial charge in [-0.25, -0.2) is 14.6 Å². The fourth-order valence-electron chi connectivity index (χ4n) is 3.39. The maximum absolute atomic E-state index is 12.9. The number of fused-ring (bicyclic) bond motifs is 1. The molecule has 4 aromatic heterocycles. The Hall–Kier alpha value is -4.34. The molecule has 13 heteroatoms. The molecule has 4 rings (SSSR count). The van der Waals surface area contributed by atoms with E-state index in [1.807, 2.05) is 13.0 Å². The van der Waals surface area contributed by atoms with Gasteiger partial charge in [-0.3, -0.25) is 14.8 Å². The number of nitrogens with one attached hydrogen (secondary N) is 1. The van der Waals surface area contributed by atoms with Crippen molar-refractivity contribution in [1.29, 1.82) is 5.26 Å². The van der Waals surface area contributed by atoms with Gasteiger partial charge >= 0.3 is 6.18 Å². The average Bonchev–Trinajstić information content (AvgIpc) is 3.22. The number of H-pyrrole nitrogens is 1. The Labute approximate surface area is 190 Å². The van der Waals surface area contributed by atoms with Crippen LogP contribution in [0.2, 0.25) is 0 Å². The molecule has 0 spiro atoms. The predicted molar refractivity (Wildman–Crippen MR) is 115 cm³/mol. The Balaban J connectivity index is 1.79. The number of aromatic nitrogens is 7. The lowest BCUT2D eigenvalue weighted by Gasteiger charge is -2.24. The minimum atomic E-state index is -4.57. The second kappa shape index (κ2) is 8.54. The number of anilines is 1. The second-order valence-electron chi connectivity index (χ2n) is 7.54. The van der Waals surface area contributed by atoms with Crippen LogP contribution in [0.5, 0.6) is 0 Å². The van der Waals surface area contributed by atoms with Gasteiger partial charge in [-0.2, -0.15) is 28.5 Å². The standard InChI is InChI=1S/C21H18F3N9O/c1-11(13-5-6-15(28-10-13)21(22,23)24)33-18-16(14(9-25)31-33)19(34)30-20(29-18)32(3)12(2)17-26-7-4-8-27-17/h4-8,10-12H,1-3H3,(H,29,30,34). The summed E-state index contributed by atoms with van der Waals surface area (Å²) in [6.45, 7) is 3.48. The second-order valence-corrected chi connectivity index (χ2v) is 7.54. The molecule has 174 valence electrons. The van der Waals surface area contributed by atoms with E-state index in [-0.39, 0.29) is 28.7 Å². The lowest BCUT2D eigenvalue weighted by atomic mass is 10.1. The van der Waals surface area contributed by atoms with E-state index < -0.39 is 23.5 Å². The Morgan fingerprint density at radius 1 is 1.18 bits per heavy atom. The van der Waals surface area contributed by atoms with Crippen LogP contribution in [-0.4, -0.2) is 41.7 Å². The van der Waals surface area contributed by atoms with Gasteiger partial charge in [0.05, 0.1) is 12.1 Å². The van der Waals surface area contributed by atoms with Crippen LogP contribution in [-0.2, 0) is 6.18 Å². The minimum Gasteiger partial charge on any atom is -0.335 e. The quantitative estimate of drug-likeness (QED) is 0.472. The third-order valence-corrected chi connectivity index (χ3v) is 5.46. The van der Waals surface area contributed by atoms with Crippen molar-refractivity contribution in [3.63, 3.8) is 0 Å². The topological polar surface area (TPSA) is 129 Å². The summed E-state index contributed by atoms with van der Waals surface area (Å²) in [6.07, 6.45) is -0.288. The third-order valence-electron chi connectivity index (χ3n) is 5.46. The maximum atomic E-state index is 12.9. The van der Waals surface area contributed by atoms with Crippen LogP contribution in [0, 0.1) is 11.3 Å². The zero-order chi connectivity index (χ0) is 24.6. The molecule has 10 nitrogen and oxygen atoms in total. The van der Waals surface area contributed by atoms with Gasteiger partial charge < -0.3 is 4.90 Å². The normalized spacial score (nSPS) is 13.4. The first-order valence-electron chi connectivity index (χ1n) is 10.1. The van der Waals surface area contributed by atoms with E-state index in [1.54, 1.807) is 37.3 Å². The fraction of sp³-hybridized carbons (Fsp3) is 0.286. The Morgan fingerprint density at radius 3 is 2.47 bits per heavy atom. The molecule has 0 aliphatic heterocycles. The molecule has 0 aliphatic rings. The summed E-state index contributed by atoms with van der Waals surface area (Å²) in [5.41, 5.74) is -1.25. The van der Waals surface area contributed by atoms with E-state index in [4.69, 9.17) is 0 Å². The molecular weight excluding hydrogens is 451 g/mol. The zero-order valence-electron chi connectivity index (χ0n) is 18.2. The summed E-state index contributed by atoms with van der Waals surface area (Å²) in [5.74, 6) is 0.684. The molecule has 0 saturated carbocycles. The number of halogens is 3. The van der Waals surface area contributed by atoms with Crippen molar-refractivity contribution in [2.24, 2.45) is 0 Å². The highest BCUT2D eigenvalue weighted by atomic mass is 19.4. The van der Waals surface area contributed by atoms with Crippen molar-refractivity contribution < 1.29 is 13.2 Å². The Kier molecular flexibility index (Phi) is 5.74. The first-order valence-corrected chi connectivity index (χ1v) is 10.1. The van der Waals surface area contributed by atoms with Gasteiger partial charge in [0.2, 0.25) is 5.95 Å². The lowest BCUT2D eigenvalue weighted by Crippen LogP contribution is -2.27. The molecule has 0 saturated heterocycles. The summed E-state index contributed by atoms with van der Waals surface area (Å²) in [5, 5.41) is 13.7. The summed E-state index contributed by atoms with van der Waals surface area (Å²) < 4.78 is 40.0. The van der Waals surface area contributed by atoms with Gasteiger partial charge in [0.1, 0.15) is 23.0 Å². The van der Waals surface area contributed by atoms with Crippen LogP contribution >= 0.6 is 0 Å². The van der Waals surface area contributed by atoms with Crippen LogP contribution in [0.4, 0.5) is 19.1 Å². The van der Waals surface area contributed by atoms with Gasteiger partial charge in [-0.1, -0.05) is 6.07 Å². The Morgan fingerprint density at radius 2 is 1.88 bits per heavy atom. The van der Waals surface area contributed by atoms with E-state index in [0.29, 0.717) is 11.4 Å². The number of hydrogen-bond acceptors (Lipinski definition) is 8. The molecule has 0 radical (unpaired) electrons. The highest BCUT2D eigenvalue weighted by Crippen LogP contribution is 2.29. The van der Waals surface area contributed by atoms with Crippen molar-refractivity contribution >= 4 is 17.0 Å². The summed E-state index contributed by atoms with van der Waals surface area (Å²) in [7, 11) is 1.69. The van der Waals surface area contributed by atoms with Gasteiger partial charge in [0.15, 0.2) is 11.3 Å². The number of pyridine rings is 1.